The number of carbonyl (C=O) groups excluding carboxylic acids is 1. The average molecular weight is 194 g/mol. The van der Waals surface area contributed by atoms with Crippen LogP contribution < -0.4 is 0 Å². The molecular weight excluding hydrogens is 172 g/mol. The number of hydrogen-bond donors (Lipinski definition) is 0. The van der Waals surface area contributed by atoms with Gasteiger partial charge in [0.15, 0.2) is 0 Å². The largest absolute Gasteiger partial charge is 0.300 e. The van der Waals surface area contributed by atoms with E-state index in [1.54, 1.807) is 0 Å². The van der Waals surface area contributed by atoms with Gasteiger partial charge >= 0.3 is 0 Å². The molecule has 0 saturated heterocycles. The second-order valence-electron chi connectivity index (χ2n) is 5.24. The van der Waals surface area contributed by atoms with Gasteiger partial charge in [-0.2, -0.15) is 0 Å². The van der Waals surface area contributed by atoms with E-state index in [9.17, 15) is 4.79 Å². The second-order valence-corrected chi connectivity index (χ2v) is 5.24. The molecule has 0 aromatic rings. The van der Waals surface area contributed by atoms with Crippen molar-refractivity contribution in [2.75, 3.05) is 0 Å². The van der Waals surface area contributed by atoms with Gasteiger partial charge in [0.05, 0.1) is 0 Å². The van der Waals surface area contributed by atoms with E-state index in [-0.39, 0.29) is 0 Å². The van der Waals surface area contributed by atoms with Crippen LogP contribution in [0.2, 0.25) is 0 Å². The molecule has 0 aromatic heterocycles. The minimum atomic E-state index is 0.522. The summed E-state index contributed by atoms with van der Waals surface area (Å²) in [5.41, 5.74) is 0. The molecular formula is C13H22O. The Morgan fingerprint density at radius 2 is 2.07 bits per heavy atom. The van der Waals surface area contributed by atoms with Gasteiger partial charge in [-0.15, -0.1) is 0 Å². The number of rotatable bonds is 2. The molecule has 0 spiro atoms. The van der Waals surface area contributed by atoms with Crippen LogP contribution in [0.1, 0.15) is 58.3 Å². The summed E-state index contributed by atoms with van der Waals surface area (Å²) in [4.78, 5) is 11.2. The van der Waals surface area contributed by atoms with Crippen LogP contribution in [0.4, 0.5) is 0 Å². The topological polar surface area (TPSA) is 17.1 Å². The zero-order valence-electron chi connectivity index (χ0n) is 9.30. The van der Waals surface area contributed by atoms with Crippen LogP contribution in [0.3, 0.4) is 0 Å². The first-order chi connectivity index (χ1) is 6.79. The predicted molar refractivity (Wildman–Crippen MR) is 58.1 cm³/mol. The molecule has 3 unspecified atom stereocenters. The van der Waals surface area contributed by atoms with E-state index in [2.05, 4.69) is 6.92 Å². The van der Waals surface area contributed by atoms with Crippen molar-refractivity contribution in [1.29, 1.82) is 0 Å². The summed E-state index contributed by atoms with van der Waals surface area (Å²) in [5.74, 6) is 3.13. The van der Waals surface area contributed by atoms with Gasteiger partial charge in [-0.3, -0.25) is 4.79 Å². The van der Waals surface area contributed by atoms with Gasteiger partial charge < -0.3 is 0 Å². The van der Waals surface area contributed by atoms with Gasteiger partial charge in [0, 0.05) is 12.8 Å². The van der Waals surface area contributed by atoms with Crippen LogP contribution in [0.25, 0.3) is 0 Å². The van der Waals surface area contributed by atoms with Crippen LogP contribution in [0, 0.1) is 17.8 Å². The first-order valence-electron chi connectivity index (χ1n) is 6.31. The van der Waals surface area contributed by atoms with Crippen molar-refractivity contribution < 1.29 is 4.79 Å². The molecule has 3 atom stereocenters. The highest BCUT2D eigenvalue weighted by atomic mass is 16.1. The Balaban J connectivity index is 1.87. The molecule has 80 valence electrons. The molecule has 14 heavy (non-hydrogen) atoms. The quantitative estimate of drug-likeness (QED) is 0.656. The third-order valence-corrected chi connectivity index (χ3v) is 4.35. The minimum absolute atomic E-state index is 0.522. The maximum atomic E-state index is 11.2. The fourth-order valence-electron chi connectivity index (χ4n) is 3.38. The van der Waals surface area contributed by atoms with E-state index in [1.807, 2.05) is 0 Å². The standard InChI is InChI=1S/C13H22O/c1-2-10-4-3-5-11(8-10)12-6-7-13(14)9-12/h10-12H,2-9H2,1H3. The van der Waals surface area contributed by atoms with E-state index in [0.29, 0.717) is 5.78 Å². The maximum absolute atomic E-state index is 11.2. The molecule has 0 heterocycles. The van der Waals surface area contributed by atoms with E-state index >= 15 is 0 Å². The van der Waals surface area contributed by atoms with Crippen LogP contribution >= 0.6 is 0 Å². The van der Waals surface area contributed by atoms with Gasteiger partial charge in [0.1, 0.15) is 5.78 Å². The summed E-state index contributed by atoms with van der Waals surface area (Å²) >= 11 is 0. The zero-order chi connectivity index (χ0) is 9.97. The molecule has 2 saturated carbocycles. The fourth-order valence-corrected chi connectivity index (χ4v) is 3.38. The zero-order valence-corrected chi connectivity index (χ0v) is 9.30. The lowest BCUT2D eigenvalue weighted by molar-refractivity contribution is -0.117. The van der Waals surface area contributed by atoms with E-state index in [4.69, 9.17) is 0 Å². The molecule has 0 amide bonds. The summed E-state index contributed by atoms with van der Waals surface area (Å²) in [6.45, 7) is 2.31. The third-order valence-electron chi connectivity index (χ3n) is 4.35. The van der Waals surface area contributed by atoms with Crippen molar-refractivity contribution in [3.8, 4) is 0 Å². The Labute approximate surface area is 87.3 Å². The van der Waals surface area contributed by atoms with Gasteiger partial charge in [-0.05, 0) is 30.6 Å². The minimum Gasteiger partial charge on any atom is -0.300 e. The van der Waals surface area contributed by atoms with Crippen molar-refractivity contribution in [2.45, 2.75) is 58.3 Å². The Hall–Kier alpha value is -0.330. The molecule has 1 heteroatoms. The Bertz CT molecular complexity index is 209. The maximum Gasteiger partial charge on any atom is 0.133 e. The fraction of sp³-hybridized carbons (Fsp3) is 0.923. The average Bonchev–Trinajstić information content (AvgIpc) is 2.65. The summed E-state index contributed by atoms with van der Waals surface area (Å²) in [6, 6.07) is 0. The van der Waals surface area contributed by atoms with Crippen molar-refractivity contribution in [2.24, 2.45) is 17.8 Å². The van der Waals surface area contributed by atoms with Gasteiger partial charge in [0.25, 0.3) is 0 Å². The van der Waals surface area contributed by atoms with Crippen LogP contribution in [0.5, 0.6) is 0 Å². The lowest BCUT2D eigenvalue weighted by atomic mass is 9.74. The molecule has 2 aliphatic rings. The number of Topliss-reactive ketones (excluding diaryl/α,β-unsaturated/α-hetero) is 1. The molecule has 0 bridgehead atoms. The first kappa shape index (κ1) is 10.2. The van der Waals surface area contributed by atoms with Crippen molar-refractivity contribution in [3.63, 3.8) is 0 Å². The van der Waals surface area contributed by atoms with Crippen molar-refractivity contribution in [3.05, 3.63) is 0 Å². The monoisotopic (exact) mass is 194 g/mol. The highest BCUT2D eigenvalue weighted by Gasteiger charge is 2.32. The van der Waals surface area contributed by atoms with Crippen molar-refractivity contribution >= 4 is 5.78 Å². The van der Waals surface area contributed by atoms with Crippen molar-refractivity contribution in [1.82, 2.24) is 0 Å². The molecule has 2 fully saturated rings. The third kappa shape index (κ3) is 2.18. The Morgan fingerprint density at radius 1 is 1.21 bits per heavy atom. The van der Waals surface area contributed by atoms with Crippen LogP contribution in [-0.2, 0) is 4.79 Å². The second kappa shape index (κ2) is 4.46. The molecule has 2 rings (SSSR count). The number of carbonyl (C=O) groups is 1. The van der Waals surface area contributed by atoms with Gasteiger partial charge in [-0.25, -0.2) is 0 Å². The first-order valence-corrected chi connectivity index (χ1v) is 6.31. The van der Waals surface area contributed by atoms with E-state index in [1.165, 1.54) is 38.5 Å². The summed E-state index contributed by atoms with van der Waals surface area (Å²) in [7, 11) is 0. The SMILES string of the molecule is CCC1CCCC(C2CCC(=O)C2)C1. The van der Waals surface area contributed by atoms with Gasteiger partial charge in [-0.1, -0.05) is 32.6 Å². The molecule has 0 N–H and O–H groups in total. The number of ketones is 1. The smallest absolute Gasteiger partial charge is 0.133 e. The molecule has 0 aromatic carbocycles. The van der Waals surface area contributed by atoms with Crippen LogP contribution in [-0.4, -0.2) is 5.78 Å². The summed E-state index contributed by atoms with van der Waals surface area (Å²) in [6.07, 6.45) is 9.97. The molecule has 0 aliphatic heterocycles. The highest BCUT2D eigenvalue weighted by molar-refractivity contribution is 5.80. The Morgan fingerprint density at radius 3 is 2.71 bits per heavy atom. The Kier molecular flexibility index (Phi) is 3.25. The lowest BCUT2D eigenvalue weighted by Gasteiger charge is -2.32. The highest BCUT2D eigenvalue weighted by Crippen LogP contribution is 2.40. The molecule has 1 nitrogen and oxygen atoms in total. The summed E-state index contributed by atoms with van der Waals surface area (Å²) < 4.78 is 0. The van der Waals surface area contributed by atoms with E-state index < -0.39 is 0 Å². The summed E-state index contributed by atoms with van der Waals surface area (Å²) in [5, 5.41) is 0. The normalized spacial score (nSPS) is 38.9. The van der Waals surface area contributed by atoms with Gasteiger partial charge in [0.2, 0.25) is 0 Å². The van der Waals surface area contributed by atoms with Crippen LogP contribution in [0.15, 0.2) is 0 Å². The van der Waals surface area contributed by atoms with E-state index in [0.717, 1.165) is 30.6 Å². The molecule has 2 aliphatic carbocycles. The predicted octanol–water partition coefficient (Wildman–Crippen LogP) is 3.57. The molecule has 0 radical (unpaired) electrons. The lowest BCUT2D eigenvalue weighted by Crippen LogP contribution is -2.21. The number of hydrogen-bond acceptors (Lipinski definition) is 1.